The van der Waals surface area contributed by atoms with E-state index in [4.69, 9.17) is 0 Å². The highest BCUT2D eigenvalue weighted by molar-refractivity contribution is 5.85. The second kappa shape index (κ2) is 8.72. The van der Waals surface area contributed by atoms with E-state index < -0.39 is 0 Å². The lowest BCUT2D eigenvalue weighted by molar-refractivity contribution is -0.123. The zero-order valence-electron chi connectivity index (χ0n) is 11.2. The molecule has 1 rings (SSSR count). The van der Waals surface area contributed by atoms with Gasteiger partial charge in [-0.15, -0.1) is 12.4 Å². The lowest BCUT2D eigenvalue weighted by Crippen LogP contribution is -2.48. The number of likely N-dealkylation sites (N-methyl/N-ethyl adjacent to an activating group) is 1. The minimum atomic E-state index is 0. The number of halogens is 1. The Hall–Kier alpha value is -0.320. The highest BCUT2D eigenvalue weighted by atomic mass is 35.5. The van der Waals surface area contributed by atoms with Crippen molar-refractivity contribution in [3.05, 3.63) is 0 Å². The van der Waals surface area contributed by atoms with Crippen LogP contribution in [0.4, 0.5) is 0 Å². The molecule has 0 radical (unpaired) electrons. The maximum atomic E-state index is 11.7. The number of carbonyl (C=O) groups is 1. The van der Waals surface area contributed by atoms with E-state index in [2.05, 4.69) is 22.5 Å². The van der Waals surface area contributed by atoms with E-state index in [1.54, 1.807) is 0 Å². The van der Waals surface area contributed by atoms with Crippen molar-refractivity contribution in [2.45, 2.75) is 45.2 Å². The highest BCUT2D eigenvalue weighted by Gasteiger charge is 2.20. The fourth-order valence-corrected chi connectivity index (χ4v) is 2.06. The molecule has 1 heterocycles. The summed E-state index contributed by atoms with van der Waals surface area (Å²) in [5.41, 5.74) is 0. The maximum absolute atomic E-state index is 11.7. The average Bonchev–Trinajstić information content (AvgIpc) is 2.28. The van der Waals surface area contributed by atoms with Crippen LogP contribution in [0.15, 0.2) is 0 Å². The number of rotatable bonds is 5. The van der Waals surface area contributed by atoms with Gasteiger partial charge in [-0.05, 0) is 39.8 Å². The Kier molecular flexibility index (Phi) is 8.56. The van der Waals surface area contributed by atoms with Crippen LogP contribution in [0.5, 0.6) is 0 Å². The molecular formula is C12H26ClN3O. The largest absolute Gasteiger partial charge is 0.353 e. The number of hydrogen-bond acceptors (Lipinski definition) is 3. The molecule has 2 unspecified atom stereocenters. The summed E-state index contributed by atoms with van der Waals surface area (Å²) in [5.74, 6) is 0.158. The fraction of sp³-hybridized carbons (Fsp3) is 0.917. The lowest BCUT2D eigenvalue weighted by Gasteiger charge is -2.32. The third-order valence-electron chi connectivity index (χ3n) is 3.30. The van der Waals surface area contributed by atoms with Crippen molar-refractivity contribution in [1.82, 2.24) is 15.5 Å². The Morgan fingerprint density at radius 2 is 2.24 bits per heavy atom. The molecule has 1 saturated heterocycles. The SMILES string of the molecule is CCC(C)NC(=O)CN1CCCC(NC)C1.Cl. The Labute approximate surface area is 111 Å². The molecule has 2 N–H and O–H groups in total. The van der Waals surface area contributed by atoms with Crippen LogP contribution in [0.1, 0.15) is 33.1 Å². The molecule has 1 amide bonds. The van der Waals surface area contributed by atoms with Crippen molar-refractivity contribution in [3.63, 3.8) is 0 Å². The van der Waals surface area contributed by atoms with Crippen LogP contribution in [0.2, 0.25) is 0 Å². The summed E-state index contributed by atoms with van der Waals surface area (Å²) in [7, 11) is 1.99. The molecule has 17 heavy (non-hydrogen) atoms. The number of amides is 1. The predicted molar refractivity (Wildman–Crippen MR) is 73.7 cm³/mol. The van der Waals surface area contributed by atoms with E-state index in [0.29, 0.717) is 12.6 Å². The van der Waals surface area contributed by atoms with E-state index in [9.17, 15) is 4.79 Å². The van der Waals surface area contributed by atoms with Crippen molar-refractivity contribution in [2.24, 2.45) is 0 Å². The van der Waals surface area contributed by atoms with Gasteiger partial charge in [0.25, 0.3) is 0 Å². The summed E-state index contributed by atoms with van der Waals surface area (Å²) in [6.07, 6.45) is 3.40. The summed E-state index contributed by atoms with van der Waals surface area (Å²) < 4.78 is 0. The van der Waals surface area contributed by atoms with Crippen LogP contribution >= 0.6 is 12.4 Å². The minimum absolute atomic E-state index is 0. The predicted octanol–water partition coefficient (Wildman–Crippen LogP) is 1.01. The van der Waals surface area contributed by atoms with Crippen molar-refractivity contribution in [3.8, 4) is 0 Å². The number of nitrogens with one attached hydrogen (secondary N) is 2. The molecule has 1 aliphatic rings. The van der Waals surface area contributed by atoms with Gasteiger partial charge in [0.2, 0.25) is 5.91 Å². The van der Waals surface area contributed by atoms with E-state index in [1.165, 1.54) is 12.8 Å². The van der Waals surface area contributed by atoms with E-state index >= 15 is 0 Å². The molecule has 0 saturated carbocycles. The number of hydrogen-bond donors (Lipinski definition) is 2. The van der Waals surface area contributed by atoms with Crippen LogP contribution < -0.4 is 10.6 Å². The minimum Gasteiger partial charge on any atom is -0.353 e. The Bertz CT molecular complexity index is 226. The van der Waals surface area contributed by atoms with Crippen LogP contribution in [-0.2, 0) is 4.79 Å². The van der Waals surface area contributed by atoms with Gasteiger partial charge in [-0.3, -0.25) is 9.69 Å². The number of carbonyl (C=O) groups excluding carboxylic acids is 1. The van der Waals surface area contributed by atoms with Gasteiger partial charge in [0, 0.05) is 18.6 Å². The van der Waals surface area contributed by atoms with Crippen molar-refractivity contribution < 1.29 is 4.79 Å². The van der Waals surface area contributed by atoms with Crippen LogP contribution in [0, 0.1) is 0 Å². The van der Waals surface area contributed by atoms with Gasteiger partial charge in [-0.1, -0.05) is 6.92 Å². The molecule has 2 atom stereocenters. The van der Waals surface area contributed by atoms with Gasteiger partial charge < -0.3 is 10.6 Å². The van der Waals surface area contributed by atoms with E-state index in [1.807, 2.05) is 14.0 Å². The quantitative estimate of drug-likeness (QED) is 0.778. The van der Waals surface area contributed by atoms with Crippen LogP contribution in [-0.4, -0.2) is 49.6 Å². The summed E-state index contributed by atoms with van der Waals surface area (Å²) in [5, 5.41) is 6.29. The monoisotopic (exact) mass is 263 g/mol. The number of nitrogens with zero attached hydrogens (tertiary/aromatic N) is 1. The molecular weight excluding hydrogens is 238 g/mol. The molecule has 1 fully saturated rings. The Morgan fingerprint density at radius 3 is 2.82 bits per heavy atom. The third kappa shape index (κ3) is 6.24. The van der Waals surface area contributed by atoms with Gasteiger partial charge in [-0.25, -0.2) is 0 Å². The maximum Gasteiger partial charge on any atom is 0.234 e. The van der Waals surface area contributed by atoms with E-state index in [0.717, 1.165) is 19.5 Å². The van der Waals surface area contributed by atoms with Crippen LogP contribution in [0.25, 0.3) is 0 Å². The second-order valence-electron chi connectivity index (χ2n) is 4.74. The summed E-state index contributed by atoms with van der Waals surface area (Å²) in [4.78, 5) is 13.9. The number of piperidine rings is 1. The zero-order chi connectivity index (χ0) is 12.0. The van der Waals surface area contributed by atoms with Crippen molar-refractivity contribution in [1.29, 1.82) is 0 Å². The normalized spacial score (nSPS) is 22.6. The first-order valence-corrected chi connectivity index (χ1v) is 6.34. The first-order chi connectivity index (χ1) is 7.65. The van der Waals surface area contributed by atoms with Gasteiger partial charge >= 0.3 is 0 Å². The van der Waals surface area contributed by atoms with Gasteiger partial charge in [0.1, 0.15) is 0 Å². The topological polar surface area (TPSA) is 44.4 Å². The molecule has 5 heteroatoms. The Balaban J connectivity index is 0.00000256. The number of likely N-dealkylation sites (tertiary alicyclic amines) is 1. The zero-order valence-corrected chi connectivity index (χ0v) is 12.0. The summed E-state index contributed by atoms with van der Waals surface area (Å²) >= 11 is 0. The average molecular weight is 264 g/mol. The smallest absolute Gasteiger partial charge is 0.234 e. The van der Waals surface area contributed by atoms with Crippen molar-refractivity contribution in [2.75, 3.05) is 26.7 Å². The molecule has 0 aromatic carbocycles. The molecule has 0 aromatic heterocycles. The molecule has 0 aromatic rings. The molecule has 0 aliphatic carbocycles. The summed E-state index contributed by atoms with van der Waals surface area (Å²) in [6.45, 7) is 6.71. The second-order valence-corrected chi connectivity index (χ2v) is 4.74. The summed E-state index contributed by atoms with van der Waals surface area (Å²) in [6, 6.07) is 0.836. The first kappa shape index (κ1) is 16.7. The van der Waals surface area contributed by atoms with Gasteiger partial charge in [0.15, 0.2) is 0 Å². The van der Waals surface area contributed by atoms with Gasteiger partial charge in [-0.2, -0.15) is 0 Å². The Morgan fingerprint density at radius 1 is 1.53 bits per heavy atom. The molecule has 0 bridgehead atoms. The van der Waals surface area contributed by atoms with Crippen LogP contribution in [0.3, 0.4) is 0 Å². The van der Waals surface area contributed by atoms with E-state index in [-0.39, 0.29) is 24.4 Å². The lowest BCUT2D eigenvalue weighted by atomic mass is 10.1. The molecule has 0 spiro atoms. The molecule has 1 aliphatic heterocycles. The molecule has 4 nitrogen and oxygen atoms in total. The molecule has 102 valence electrons. The fourth-order valence-electron chi connectivity index (χ4n) is 2.06. The third-order valence-corrected chi connectivity index (χ3v) is 3.30. The highest BCUT2D eigenvalue weighted by Crippen LogP contribution is 2.08. The first-order valence-electron chi connectivity index (χ1n) is 6.34. The standard InChI is InChI=1S/C12H25N3O.ClH/c1-4-10(2)14-12(16)9-15-7-5-6-11(8-15)13-3;/h10-11,13H,4-9H2,1-3H3,(H,14,16);1H. The van der Waals surface area contributed by atoms with Gasteiger partial charge in [0.05, 0.1) is 6.54 Å². The van der Waals surface area contributed by atoms with Crippen molar-refractivity contribution >= 4 is 18.3 Å².